The van der Waals surface area contributed by atoms with Crippen molar-refractivity contribution in [1.29, 1.82) is 0 Å². The van der Waals surface area contributed by atoms with Gasteiger partial charge in [0.15, 0.2) is 0 Å². The number of hydrogen-bond donors (Lipinski definition) is 0. The van der Waals surface area contributed by atoms with Crippen LogP contribution in [0.15, 0.2) is 36.9 Å². The SMILES string of the molecule is C=C(OCC)C(C)c1cn2cc(Cl)ccc2n1. The predicted octanol–water partition coefficient (Wildman–Crippen LogP) is 3.64. The van der Waals surface area contributed by atoms with Gasteiger partial charge in [-0.3, -0.25) is 0 Å². The van der Waals surface area contributed by atoms with E-state index < -0.39 is 0 Å². The monoisotopic (exact) mass is 250 g/mol. The van der Waals surface area contributed by atoms with E-state index in [4.69, 9.17) is 16.3 Å². The lowest BCUT2D eigenvalue weighted by molar-refractivity contribution is 0.212. The molecule has 0 aliphatic carbocycles. The Kier molecular flexibility index (Phi) is 3.38. The van der Waals surface area contributed by atoms with Gasteiger partial charge in [-0.1, -0.05) is 18.2 Å². The summed E-state index contributed by atoms with van der Waals surface area (Å²) >= 11 is 5.93. The number of fused-ring (bicyclic) bond motifs is 1. The smallest absolute Gasteiger partial charge is 0.137 e. The van der Waals surface area contributed by atoms with E-state index in [-0.39, 0.29) is 5.92 Å². The van der Waals surface area contributed by atoms with Gasteiger partial charge in [0.2, 0.25) is 0 Å². The molecule has 3 nitrogen and oxygen atoms in total. The maximum atomic E-state index is 5.93. The summed E-state index contributed by atoms with van der Waals surface area (Å²) in [4.78, 5) is 4.52. The molecule has 1 atom stereocenters. The molecule has 0 amide bonds. The van der Waals surface area contributed by atoms with Crippen LogP contribution in [-0.4, -0.2) is 16.0 Å². The quantitative estimate of drug-likeness (QED) is 0.775. The minimum Gasteiger partial charge on any atom is -0.498 e. The van der Waals surface area contributed by atoms with Crippen LogP contribution in [0.3, 0.4) is 0 Å². The van der Waals surface area contributed by atoms with Crippen LogP contribution < -0.4 is 0 Å². The molecule has 0 N–H and O–H groups in total. The van der Waals surface area contributed by atoms with Gasteiger partial charge in [-0.2, -0.15) is 0 Å². The predicted molar refractivity (Wildman–Crippen MR) is 69.4 cm³/mol. The summed E-state index contributed by atoms with van der Waals surface area (Å²) in [5.41, 5.74) is 1.81. The molecule has 0 spiro atoms. The molecule has 0 aromatic carbocycles. The normalized spacial score (nSPS) is 12.6. The molecule has 90 valence electrons. The van der Waals surface area contributed by atoms with Gasteiger partial charge in [-0.25, -0.2) is 4.98 Å². The number of allylic oxidation sites excluding steroid dienone is 1. The summed E-state index contributed by atoms with van der Waals surface area (Å²) in [5.74, 6) is 0.815. The molecule has 2 aromatic rings. The van der Waals surface area contributed by atoms with Crippen molar-refractivity contribution in [3.05, 3.63) is 47.6 Å². The third-order valence-electron chi connectivity index (χ3n) is 2.69. The molecule has 0 fully saturated rings. The number of hydrogen-bond acceptors (Lipinski definition) is 2. The first-order valence-corrected chi connectivity index (χ1v) is 5.95. The number of halogens is 1. The average Bonchev–Trinajstić information content (AvgIpc) is 2.71. The molecule has 1 unspecified atom stereocenters. The average molecular weight is 251 g/mol. The van der Waals surface area contributed by atoms with Gasteiger partial charge in [0, 0.05) is 12.4 Å². The molecular weight excluding hydrogens is 236 g/mol. The summed E-state index contributed by atoms with van der Waals surface area (Å²) < 4.78 is 7.32. The van der Waals surface area contributed by atoms with Crippen molar-refractivity contribution >= 4 is 17.2 Å². The first-order chi connectivity index (χ1) is 8.11. The number of ether oxygens (including phenoxy) is 1. The summed E-state index contributed by atoms with van der Waals surface area (Å²) in [6.45, 7) is 8.51. The van der Waals surface area contributed by atoms with Gasteiger partial charge >= 0.3 is 0 Å². The summed E-state index contributed by atoms with van der Waals surface area (Å²) in [5, 5.41) is 0.692. The van der Waals surface area contributed by atoms with Gasteiger partial charge < -0.3 is 9.14 Å². The van der Waals surface area contributed by atoms with E-state index >= 15 is 0 Å². The Morgan fingerprint density at radius 3 is 3.00 bits per heavy atom. The molecule has 0 aliphatic rings. The molecule has 0 saturated carbocycles. The minimum absolute atomic E-state index is 0.0774. The van der Waals surface area contributed by atoms with E-state index in [1.807, 2.05) is 42.8 Å². The summed E-state index contributed by atoms with van der Waals surface area (Å²) in [6.07, 6.45) is 3.79. The van der Waals surface area contributed by atoms with Crippen molar-refractivity contribution in [2.45, 2.75) is 19.8 Å². The van der Waals surface area contributed by atoms with E-state index in [2.05, 4.69) is 11.6 Å². The van der Waals surface area contributed by atoms with Crippen molar-refractivity contribution in [3.63, 3.8) is 0 Å². The van der Waals surface area contributed by atoms with E-state index in [1.54, 1.807) is 0 Å². The molecule has 0 aliphatic heterocycles. The Morgan fingerprint density at radius 2 is 2.29 bits per heavy atom. The Balaban J connectivity index is 2.33. The number of imidazole rings is 1. The highest BCUT2D eigenvalue weighted by Crippen LogP contribution is 2.23. The van der Waals surface area contributed by atoms with Crippen molar-refractivity contribution in [1.82, 2.24) is 9.38 Å². The van der Waals surface area contributed by atoms with Gasteiger partial charge in [0.25, 0.3) is 0 Å². The highest BCUT2D eigenvalue weighted by Gasteiger charge is 2.14. The number of nitrogens with zero attached hydrogens (tertiary/aromatic N) is 2. The van der Waals surface area contributed by atoms with Crippen LogP contribution in [0.5, 0.6) is 0 Å². The number of aromatic nitrogens is 2. The lowest BCUT2D eigenvalue weighted by Crippen LogP contribution is -2.01. The Morgan fingerprint density at radius 1 is 1.53 bits per heavy atom. The first kappa shape index (κ1) is 12.0. The van der Waals surface area contributed by atoms with E-state index in [9.17, 15) is 0 Å². The lowest BCUT2D eigenvalue weighted by Gasteiger charge is -2.12. The van der Waals surface area contributed by atoms with Crippen LogP contribution in [0, 0.1) is 0 Å². The molecule has 17 heavy (non-hydrogen) atoms. The third kappa shape index (κ3) is 2.44. The first-order valence-electron chi connectivity index (χ1n) is 5.57. The molecule has 2 rings (SSSR count). The molecule has 4 heteroatoms. The van der Waals surface area contributed by atoms with Crippen LogP contribution in [0.1, 0.15) is 25.5 Å². The van der Waals surface area contributed by atoms with Crippen LogP contribution in [0.2, 0.25) is 5.02 Å². The summed E-state index contributed by atoms with van der Waals surface area (Å²) in [6, 6.07) is 3.72. The molecule has 0 bridgehead atoms. The topological polar surface area (TPSA) is 26.5 Å². The fourth-order valence-electron chi connectivity index (χ4n) is 1.67. The molecule has 2 heterocycles. The minimum atomic E-state index is 0.0774. The van der Waals surface area contributed by atoms with Crippen LogP contribution in [0.25, 0.3) is 5.65 Å². The maximum Gasteiger partial charge on any atom is 0.137 e. The summed E-state index contributed by atoms with van der Waals surface area (Å²) in [7, 11) is 0. The maximum absolute atomic E-state index is 5.93. The van der Waals surface area contributed by atoms with Crippen LogP contribution in [-0.2, 0) is 4.74 Å². The van der Waals surface area contributed by atoms with Crippen molar-refractivity contribution in [2.24, 2.45) is 0 Å². The van der Waals surface area contributed by atoms with Gasteiger partial charge in [0.05, 0.1) is 29.0 Å². The number of rotatable bonds is 4. The highest BCUT2D eigenvalue weighted by atomic mass is 35.5. The van der Waals surface area contributed by atoms with Crippen LogP contribution >= 0.6 is 11.6 Å². The zero-order valence-electron chi connectivity index (χ0n) is 9.98. The van der Waals surface area contributed by atoms with Crippen LogP contribution in [0.4, 0.5) is 0 Å². The Bertz CT molecular complexity index is 547. The Hall–Kier alpha value is -1.48. The second-order valence-corrected chi connectivity index (χ2v) is 4.34. The fraction of sp³-hybridized carbons (Fsp3) is 0.308. The van der Waals surface area contributed by atoms with Crippen molar-refractivity contribution < 1.29 is 4.74 Å². The zero-order valence-corrected chi connectivity index (χ0v) is 10.7. The lowest BCUT2D eigenvalue weighted by atomic mass is 10.1. The molecule has 0 radical (unpaired) electrons. The van der Waals surface area contributed by atoms with E-state index in [0.29, 0.717) is 11.6 Å². The number of pyridine rings is 1. The standard InChI is InChI=1S/C13H15ClN2O/c1-4-17-10(3)9(2)12-8-16-7-11(14)5-6-13(16)15-12/h5-9H,3-4H2,1-2H3. The van der Waals surface area contributed by atoms with E-state index in [0.717, 1.165) is 17.1 Å². The third-order valence-corrected chi connectivity index (χ3v) is 2.91. The van der Waals surface area contributed by atoms with Gasteiger partial charge in [0.1, 0.15) is 5.65 Å². The molecular formula is C13H15ClN2O. The zero-order chi connectivity index (χ0) is 12.4. The van der Waals surface area contributed by atoms with E-state index in [1.165, 1.54) is 0 Å². The second-order valence-electron chi connectivity index (χ2n) is 3.90. The van der Waals surface area contributed by atoms with Gasteiger partial charge in [-0.05, 0) is 26.0 Å². The fourth-order valence-corrected chi connectivity index (χ4v) is 1.84. The highest BCUT2D eigenvalue weighted by molar-refractivity contribution is 6.30. The van der Waals surface area contributed by atoms with Crippen molar-refractivity contribution in [2.75, 3.05) is 6.61 Å². The van der Waals surface area contributed by atoms with Gasteiger partial charge in [-0.15, -0.1) is 0 Å². The molecule has 0 saturated heterocycles. The van der Waals surface area contributed by atoms with Crippen molar-refractivity contribution in [3.8, 4) is 0 Å². The largest absolute Gasteiger partial charge is 0.498 e. The Labute approximate surface area is 106 Å². The second kappa shape index (κ2) is 4.80. The molecule has 2 aromatic heterocycles.